The van der Waals surface area contributed by atoms with Gasteiger partial charge in [-0.1, -0.05) is 20.8 Å². The molecule has 0 heterocycles. The summed E-state index contributed by atoms with van der Waals surface area (Å²) in [7, 11) is 0. The second-order valence-electron chi connectivity index (χ2n) is 7.82. The molecule has 0 bridgehead atoms. The molecule has 0 saturated carbocycles. The van der Waals surface area contributed by atoms with Crippen molar-refractivity contribution in [2.75, 3.05) is 23.8 Å². The molecule has 0 aromatic heterocycles. The third-order valence-corrected chi connectivity index (χ3v) is 4.69. The molecule has 3 N–H and O–H groups in total. The molecule has 0 fully saturated rings. The standard InChI is InChI=1S/C24H33N3O3/c1-5-18(4)26-24(29)19-6-8-21(9-7-19)27-23(28)16-25-20-10-12-22(13-11-20)30-15-14-17(2)3/h6-13,17-18,25H,5,14-16H2,1-4H3,(H,26,29)(H,27,28). The van der Waals surface area contributed by atoms with Crippen molar-refractivity contribution in [3.05, 3.63) is 54.1 Å². The van der Waals surface area contributed by atoms with E-state index >= 15 is 0 Å². The number of hydrogen-bond donors (Lipinski definition) is 3. The van der Waals surface area contributed by atoms with Crippen molar-refractivity contribution < 1.29 is 14.3 Å². The minimum Gasteiger partial charge on any atom is -0.494 e. The molecular weight excluding hydrogens is 378 g/mol. The zero-order valence-corrected chi connectivity index (χ0v) is 18.3. The van der Waals surface area contributed by atoms with Crippen molar-refractivity contribution in [3.63, 3.8) is 0 Å². The predicted molar refractivity (Wildman–Crippen MR) is 122 cm³/mol. The van der Waals surface area contributed by atoms with Gasteiger partial charge < -0.3 is 20.7 Å². The van der Waals surface area contributed by atoms with Gasteiger partial charge in [0.15, 0.2) is 0 Å². The van der Waals surface area contributed by atoms with E-state index in [-0.39, 0.29) is 24.4 Å². The van der Waals surface area contributed by atoms with Gasteiger partial charge >= 0.3 is 0 Å². The first-order chi connectivity index (χ1) is 14.4. The summed E-state index contributed by atoms with van der Waals surface area (Å²) in [4.78, 5) is 24.3. The first-order valence-electron chi connectivity index (χ1n) is 10.5. The van der Waals surface area contributed by atoms with Crippen molar-refractivity contribution >= 4 is 23.2 Å². The Labute approximate surface area is 179 Å². The van der Waals surface area contributed by atoms with Crippen LogP contribution in [0.5, 0.6) is 5.75 Å². The van der Waals surface area contributed by atoms with E-state index in [2.05, 4.69) is 29.8 Å². The van der Waals surface area contributed by atoms with Gasteiger partial charge in [-0.25, -0.2) is 0 Å². The van der Waals surface area contributed by atoms with E-state index in [4.69, 9.17) is 4.74 Å². The van der Waals surface area contributed by atoms with Crippen LogP contribution in [0.4, 0.5) is 11.4 Å². The van der Waals surface area contributed by atoms with Crippen LogP contribution >= 0.6 is 0 Å². The lowest BCUT2D eigenvalue weighted by Crippen LogP contribution is -2.31. The highest BCUT2D eigenvalue weighted by atomic mass is 16.5. The number of ether oxygens (including phenoxy) is 1. The van der Waals surface area contributed by atoms with Crippen LogP contribution < -0.4 is 20.7 Å². The maximum atomic E-state index is 12.2. The lowest BCUT2D eigenvalue weighted by atomic mass is 10.1. The molecule has 2 aromatic rings. The molecule has 6 nitrogen and oxygen atoms in total. The summed E-state index contributed by atoms with van der Waals surface area (Å²) in [5.41, 5.74) is 2.07. The highest BCUT2D eigenvalue weighted by Crippen LogP contribution is 2.16. The first kappa shape index (κ1) is 23.3. The lowest BCUT2D eigenvalue weighted by Gasteiger charge is -2.12. The molecule has 1 unspecified atom stereocenters. The van der Waals surface area contributed by atoms with Crippen molar-refractivity contribution in [2.24, 2.45) is 5.92 Å². The molecule has 0 aliphatic heterocycles. The van der Waals surface area contributed by atoms with E-state index in [1.165, 1.54) is 0 Å². The van der Waals surface area contributed by atoms with Gasteiger partial charge in [-0.2, -0.15) is 0 Å². The van der Waals surface area contributed by atoms with Gasteiger partial charge in [0.25, 0.3) is 5.91 Å². The molecule has 0 aliphatic rings. The van der Waals surface area contributed by atoms with Gasteiger partial charge in [0, 0.05) is 23.0 Å². The van der Waals surface area contributed by atoms with E-state index in [1.54, 1.807) is 24.3 Å². The molecule has 30 heavy (non-hydrogen) atoms. The monoisotopic (exact) mass is 411 g/mol. The number of hydrogen-bond acceptors (Lipinski definition) is 4. The summed E-state index contributed by atoms with van der Waals surface area (Å²) in [6, 6.07) is 14.6. The number of benzene rings is 2. The van der Waals surface area contributed by atoms with Crippen LogP contribution in [0.15, 0.2) is 48.5 Å². The van der Waals surface area contributed by atoms with Gasteiger partial charge in [0.05, 0.1) is 13.2 Å². The molecular formula is C24H33N3O3. The largest absolute Gasteiger partial charge is 0.494 e. The van der Waals surface area contributed by atoms with E-state index in [9.17, 15) is 9.59 Å². The van der Waals surface area contributed by atoms with Crippen molar-refractivity contribution in [1.29, 1.82) is 0 Å². The average molecular weight is 412 g/mol. The second kappa shape index (κ2) is 11.9. The Hall–Kier alpha value is -3.02. The number of nitrogens with one attached hydrogen (secondary N) is 3. The van der Waals surface area contributed by atoms with Crippen molar-refractivity contribution in [2.45, 2.75) is 46.6 Å². The minimum atomic E-state index is -0.163. The fraction of sp³-hybridized carbons (Fsp3) is 0.417. The Morgan fingerprint density at radius 1 is 0.933 bits per heavy atom. The Kier molecular flexibility index (Phi) is 9.19. The van der Waals surface area contributed by atoms with E-state index in [1.807, 2.05) is 38.1 Å². The van der Waals surface area contributed by atoms with Crippen LogP contribution in [0.3, 0.4) is 0 Å². The molecule has 0 spiro atoms. The van der Waals surface area contributed by atoms with Crippen LogP contribution in [0.25, 0.3) is 0 Å². The van der Waals surface area contributed by atoms with Crippen LogP contribution in [0.2, 0.25) is 0 Å². The number of rotatable bonds is 11. The van der Waals surface area contributed by atoms with E-state index < -0.39 is 0 Å². The molecule has 1 atom stereocenters. The van der Waals surface area contributed by atoms with Crippen LogP contribution in [-0.4, -0.2) is 31.0 Å². The number of amides is 2. The van der Waals surface area contributed by atoms with E-state index in [0.29, 0.717) is 23.8 Å². The predicted octanol–water partition coefficient (Wildman–Crippen LogP) is 4.69. The Bertz CT molecular complexity index is 801. The lowest BCUT2D eigenvalue weighted by molar-refractivity contribution is -0.114. The third-order valence-electron chi connectivity index (χ3n) is 4.69. The highest BCUT2D eigenvalue weighted by Gasteiger charge is 2.09. The maximum Gasteiger partial charge on any atom is 0.251 e. The Morgan fingerprint density at radius 3 is 2.17 bits per heavy atom. The zero-order chi connectivity index (χ0) is 21.9. The zero-order valence-electron chi connectivity index (χ0n) is 18.3. The molecule has 0 radical (unpaired) electrons. The summed E-state index contributed by atoms with van der Waals surface area (Å²) in [5.74, 6) is 1.16. The van der Waals surface area contributed by atoms with Crippen molar-refractivity contribution in [3.8, 4) is 5.75 Å². The normalized spacial score (nSPS) is 11.6. The molecule has 6 heteroatoms. The molecule has 0 aliphatic carbocycles. The van der Waals surface area contributed by atoms with Gasteiger partial charge in [-0.3, -0.25) is 9.59 Å². The fourth-order valence-electron chi connectivity index (χ4n) is 2.58. The number of anilines is 2. The SMILES string of the molecule is CCC(C)NC(=O)c1ccc(NC(=O)CNc2ccc(OCCC(C)C)cc2)cc1. The van der Waals surface area contributed by atoms with Crippen LogP contribution in [0, 0.1) is 5.92 Å². The van der Waals surface area contributed by atoms with Crippen LogP contribution in [-0.2, 0) is 4.79 Å². The fourth-order valence-corrected chi connectivity index (χ4v) is 2.58. The smallest absolute Gasteiger partial charge is 0.251 e. The number of carbonyl (C=O) groups excluding carboxylic acids is 2. The molecule has 0 saturated heterocycles. The summed E-state index contributed by atoms with van der Waals surface area (Å²) >= 11 is 0. The second-order valence-corrected chi connectivity index (χ2v) is 7.82. The minimum absolute atomic E-state index is 0.111. The van der Waals surface area contributed by atoms with Gasteiger partial charge in [0.1, 0.15) is 5.75 Å². The topological polar surface area (TPSA) is 79.5 Å². The summed E-state index contributed by atoms with van der Waals surface area (Å²) in [6.45, 7) is 9.16. The maximum absolute atomic E-state index is 12.2. The van der Waals surface area contributed by atoms with Gasteiger partial charge in [-0.05, 0) is 74.2 Å². The molecule has 162 valence electrons. The Balaban J connectivity index is 1.77. The van der Waals surface area contributed by atoms with Gasteiger partial charge in [0.2, 0.25) is 5.91 Å². The summed E-state index contributed by atoms with van der Waals surface area (Å²) in [5, 5.41) is 8.83. The first-order valence-corrected chi connectivity index (χ1v) is 10.5. The van der Waals surface area contributed by atoms with Gasteiger partial charge in [-0.15, -0.1) is 0 Å². The van der Waals surface area contributed by atoms with Crippen LogP contribution in [0.1, 0.15) is 50.9 Å². The molecule has 2 aromatic carbocycles. The molecule has 2 rings (SSSR count). The third kappa shape index (κ3) is 8.15. The summed E-state index contributed by atoms with van der Waals surface area (Å²) in [6.07, 6.45) is 1.89. The van der Waals surface area contributed by atoms with Crippen molar-refractivity contribution in [1.82, 2.24) is 5.32 Å². The Morgan fingerprint density at radius 2 is 1.57 bits per heavy atom. The highest BCUT2D eigenvalue weighted by molar-refractivity contribution is 5.96. The quantitative estimate of drug-likeness (QED) is 0.501. The molecule has 2 amide bonds. The number of carbonyl (C=O) groups is 2. The average Bonchev–Trinajstić information content (AvgIpc) is 2.73. The summed E-state index contributed by atoms with van der Waals surface area (Å²) < 4.78 is 5.69. The van der Waals surface area contributed by atoms with E-state index in [0.717, 1.165) is 24.3 Å².